The molecule has 3 rings (SSSR count). The van der Waals surface area contributed by atoms with Crippen molar-refractivity contribution in [1.29, 1.82) is 0 Å². The molecule has 4 heteroatoms. The zero-order chi connectivity index (χ0) is 15.6. The Labute approximate surface area is 138 Å². The third kappa shape index (κ3) is 5.42. The van der Waals surface area contributed by atoms with Crippen LogP contribution in [-0.4, -0.2) is 16.8 Å². The second kappa shape index (κ2) is 9.11. The minimum Gasteiger partial charge on any atom is -0.337 e. The lowest BCUT2D eigenvalue weighted by atomic mass is 9.73. The van der Waals surface area contributed by atoms with Gasteiger partial charge in [-0.3, -0.25) is 0 Å². The first-order chi connectivity index (χ1) is 10.8. The molecule has 2 aromatic carbocycles. The first-order valence-corrected chi connectivity index (χ1v) is 7.90. The van der Waals surface area contributed by atoms with E-state index in [9.17, 15) is 0 Å². The van der Waals surface area contributed by atoms with Gasteiger partial charge < -0.3 is 4.57 Å². The molecule has 0 saturated heterocycles. The molecule has 0 fully saturated rings. The van der Waals surface area contributed by atoms with Crippen molar-refractivity contribution in [3.63, 3.8) is 0 Å². The number of aryl methyl sites for hydroxylation is 2. The summed E-state index contributed by atoms with van der Waals surface area (Å²) in [5.74, 6) is 0. The Morgan fingerprint density at radius 2 is 1.77 bits per heavy atom. The summed E-state index contributed by atoms with van der Waals surface area (Å²) in [6.07, 6.45) is 6.72. The van der Waals surface area contributed by atoms with E-state index in [0.717, 1.165) is 25.3 Å². The summed E-state index contributed by atoms with van der Waals surface area (Å²) in [6, 6.07) is 18.4. The molecule has 0 aliphatic heterocycles. The van der Waals surface area contributed by atoms with Crippen molar-refractivity contribution in [2.24, 2.45) is 0 Å². The maximum Gasteiger partial charge on any atom is 0.156 e. The van der Waals surface area contributed by atoms with Gasteiger partial charge in [0.2, 0.25) is 0 Å². The third-order valence-corrected chi connectivity index (χ3v) is 3.77. The van der Waals surface area contributed by atoms with Gasteiger partial charge in [-0.1, -0.05) is 72.4 Å². The number of aromatic nitrogens is 2. The summed E-state index contributed by atoms with van der Waals surface area (Å²) in [6.45, 7) is 3.10. The van der Waals surface area contributed by atoms with E-state index in [4.69, 9.17) is 11.6 Å². The molecule has 0 atom stereocenters. The molecule has 0 amide bonds. The van der Waals surface area contributed by atoms with Crippen LogP contribution in [0.5, 0.6) is 0 Å². The predicted molar refractivity (Wildman–Crippen MR) is 96.5 cm³/mol. The van der Waals surface area contributed by atoms with Gasteiger partial charge in [-0.25, -0.2) is 4.98 Å². The number of hydrogen-bond acceptors (Lipinski definition) is 1. The van der Waals surface area contributed by atoms with Gasteiger partial charge in [0.15, 0.2) is 7.28 Å². The molecule has 0 bridgehead atoms. The fraction of sp³-hybridized carbons (Fsp3) is 0.167. The smallest absolute Gasteiger partial charge is 0.156 e. The average Bonchev–Trinajstić information content (AvgIpc) is 3.08. The molecule has 1 aromatic heterocycles. The summed E-state index contributed by atoms with van der Waals surface area (Å²) in [7, 11) is 1.01. The minimum atomic E-state index is 0.875. The van der Waals surface area contributed by atoms with Crippen LogP contribution in [0.2, 0.25) is 11.8 Å². The Balaban J connectivity index is 0.000000172. The first kappa shape index (κ1) is 16.4. The van der Waals surface area contributed by atoms with E-state index in [2.05, 4.69) is 40.6 Å². The van der Waals surface area contributed by atoms with E-state index in [0.29, 0.717) is 0 Å². The number of rotatable bonds is 4. The Hall–Kier alpha value is -2.00. The van der Waals surface area contributed by atoms with Crippen LogP contribution >= 0.6 is 11.6 Å². The number of imidazole rings is 1. The lowest BCUT2D eigenvalue weighted by Crippen LogP contribution is -2.10. The molecule has 0 spiro atoms. The fourth-order valence-corrected chi connectivity index (χ4v) is 2.38. The van der Waals surface area contributed by atoms with Crippen molar-refractivity contribution in [1.82, 2.24) is 9.55 Å². The van der Waals surface area contributed by atoms with Crippen molar-refractivity contribution >= 4 is 24.3 Å². The largest absolute Gasteiger partial charge is 0.337 e. The lowest BCUT2D eigenvalue weighted by molar-refractivity contribution is 0.696. The zero-order valence-electron chi connectivity index (χ0n) is 12.8. The van der Waals surface area contributed by atoms with Crippen LogP contribution in [0.4, 0.5) is 0 Å². The maximum atomic E-state index is 5.82. The van der Waals surface area contributed by atoms with Gasteiger partial charge in [0.1, 0.15) is 0 Å². The Bertz CT molecular complexity index is 654. The van der Waals surface area contributed by atoms with Crippen LogP contribution in [0.3, 0.4) is 0 Å². The van der Waals surface area contributed by atoms with Gasteiger partial charge in [0.05, 0.1) is 6.33 Å². The summed E-state index contributed by atoms with van der Waals surface area (Å²) >= 11 is 5.82. The van der Waals surface area contributed by atoms with Gasteiger partial charge in [-0.15, -0.1) is 0 Å². The SMILES string of the molecule is CBc1ccccc1Cl.c1ccc(CCn2ccnc2)cc1. The van der Waals surface area contributed by atoms with Crippen LogP contribution in [0.1, 0.15) is 5.56 Å². The highest BCUT2D eigenvalue weighted by Gasteiger charge is 1.93. The molecule has 0 unspecified atom stereocenters. The molecular weight excluding hydrogens is 290 g/mol. The molecule has 0 aliphatic carbocycles. The second-order valence-corrected chi connectivity index (χ2v) is 5.39. The third-order valence-electron chi connectivity index (χ3n) is 3.40. The maximum absolute atomic E-state index is 5.82. The monoisotopic (exact) mass is 310 g/mol. The predicted octanol–water partition coefficient (Wildman–Crippen LogP) is 3.58. The Morgan fingerprint density at radius 1 is 1.05 bits per heavy atom. The molecule has 0 saturated carbocycles. The number of nitrogens with zero attached hydrogens (tertiary/aromatic N) is 2. The Kier molecular flexibility index (Phi) is 6.78. The van der Waals surface area contributed by atoms with E-state index in [1.807, 2.05) is 49.1 Å². The summed E-state index contributed by atoms with van der Waals surface area (Å²) in [4.78, 5) is 4.00. The van der Waals surface area contributed by atoms with Gasteiger partial charge in [-0.05, 0) is 18.1 Å². The standard InChI is InChI=1S/C11H12N2.C7H8BCl/c1-2-4-11(5-3-1)6-8-13-9-7-12-10-13;1-8-6-4-2-3-5-7(6)9/h1-5,7,9-10H,6,8H2;2-5,8H,1H3. The van der Waals surface area contributed by atoms with Crippen molar-refractivity contribution in [2.75, 3.05) is 0 Å². The Morgan fingerprint density at radius 3 is 2.36 bits per heavy atom. The molecule has 1 heterocycles. The highest BCUT2D eigenvalue weighted by Crippen LogP contribution is 2.02. The van der Waals surface area contributed by atoms with E-state index in [1.165, 1.54) is 11.0 Å². The second-order valence-electron chi connectivity index (χ2n) is 4.98. The van der Waals surface area contributed by atoms with Crippen molar-refractivity contribution < 1.29 is 0 Å². The van der Waals surface area contributed by atoms with Crippen LogP contribution < -0.4 is 5.46 Å². The van der Waals surface area contributed by atoms with Crippen molar-refractivity contribution in [3.05, 3.63) is 83.9 Å². The van der Waals surface area contributed by atoms with Crippen LogP contribution in [-0.2, 0) is 13.0 Å². The lowest BCUT2D eigenvalue weighted by Gasteiger charge is -2.01. The van der Waals surface area contributed by atoms with Gasteiger partial charge in [0, 0.05) is 24.0 Å². The number of hydrogen-bond donors (Lipinski definition) is 0. The minimum absolute atomic E-state index is 0.875. The van der Waals surface area contributed by atoms with E-state index < -0.39 is 0 Å². The molecule has 3 aromatic rings. The molecule has 0 N–H and O–H groups in total. The number of halogens is 1. The van der Waals surface area contributed by atoms with Gasteiger partial charge in [0.25, 0.3) is 0 Å². The molecule has 22 heavy (non-hydrogen) atoms. The number of benzene rings is 2. The van der Waals surface area contributed by atoms with Crippen LogP contribution in [0, 0.1) is 0 Å². The zero-order valence-corrected chi connectivity index (χ0v) is 13.6. The molecule has 0 aliphatic rings. The molecule has 112 valence electrons. The summed E-state index contributed by atoms with van der Waals surface area (Å²) in [5, 5.41) is 0.875. The normalized spacial score (nSPS) is 9.73. The highest BCUT2D eigenvalue weighted by molar-refractivity contribution is 6.57. The molecule has 0 radical (unpaired) electrons. The first-order valence-electron chi connectivity index (χ1n) is 7.52. The van der Waals surface area contributed by atoms with Gasteiger partial charge >= 0.3 is 0 Å². The topological polar surface area (TPSA) is 17.8 Å². The van der Waals surface area contributed by atoms with E-state index >= 15 is 0 Å². The summed E-state index contributed by atoms with van der Waals surface area (Å²) in [5.41, 5.74) is 2.59. The van der Waals surface area contributed by atoms with E-state index in [-0.39, 0.29) is 0 Å². The van der Waals surface area contributed by atoms with Crippen LogP contribution in [0.25, 0.3) is 0 Å². The van der Waals surface area contributed by atoms with E-state index in [1.54, 1.807) is 0 Å². The highest BCUT2D eigenvalue weighted by atomic mass is 35.5. The quantitative estimate of drug-likeness (QED) is 0.674. The average molecular weight is 311 g/mol. The molecule has 2 nitrogen and oxygen atoms in total. The van der Waals surface area contributed by atoms with Crippen LogP contribution in [0.15, 0.2) is 73.3 Å². The summed E-state index contributed by atoms with van der Waals surface area (Å²) < 4.78 is 2.09. The van der Waals surface area contributed by atoms with Crippen molar-refractivity contribution in [2.45, 2.75) is 19.8 Å². The molecular formula is C18H20BClN2. The van der Waals surface area contributed by atoms with Crippen molar-refractivity contribution in [3.8, 4) is 0 Å². The fourth-order valence-electron chi connectivity index (χ4n) is 2.11. The van der Waals surface area contributed by atoms with Gasteiger partial charge in [-0.2, -0.15) is 0 Å².